The Balaban J connectivity index is 1.99. The second kappa shape index (κ2) is 5.74. The molecular formula is C16H24N2O. The second-order valence-corrected chi connectivity index (χ2v) is 5.78. The Hall–Kier alpha value is -1.35. The van der Waals surface area contributed by atoms with Crippen LogP contribution in [0.3, 0.4) is 0 Å². The first-order chi connectivity index (χ1) is 9.05. The van der Waals surface area contributed by atoms with Gasteiger partial charge in [0.15, 0.2) is 0 Å². The van der Waals surface area contributed by atoms with Crippen molar-refractivity contribution in [3.63, 3.8) is 0 Å². The lowest BCUT2D eigenvalue weighted by Gasteiger charge is -2.24. The third kappa shape index (κ3) is 3.16. The molecule has 0 aromatic heterocycles. The molecule has 1 aliphatic rings. The van der Waals surface area contributed by atoms with Crippen molar-refractivity contribution in [2.24, 2.45) is 5.41 Å². The van der Waals surface area contributed by atoms with E-state index in [1.165, 1.54) is 11.1 Å². The fourth-order valence-electron chi connectivity index (χ4n) is 2.51. The SMILES string of the molecule is CCc1ccc(C(C)NC(=O)C2(C)CCNC2)cc1. The standard InChI is InChI=1S/C16H24N2O/c1-4-13-5-7-14(8-6-13)12(2)18-15(19)16(3)9-10-17-11-16/h5-8,12,17H,4,9-11H2,1-3H3,(H,18,19). The molecule has 1 heterocycles. The molecule has 0 radical (unpaired) electrons. The summed E-state index contributed by atoms with van der Waals surface area (Å²) in [5.41, 5.74) is 2.24. The lowest BCUT2D eigenvalue weighted by molar-refractivity contribution is -0.129. The highest BCUT2D eigenvalue weighted by Crippen LogP contribution is 2.26. The van der Waals surface area contributed by atoms with Crippen molar-refractivity contribution in [2.75, 3.05) is 13.1 Å². The minimum Gasteiger partial charge on any atom is -0.349 e. The lowest BCUT2D eigenvalue weighted by Crippen LogP contribution is -2.41. The molecule has 3 nitrogen and oxygen atoms in total. The molecule has 3 heteroatoms. The monoisotopic (exact) mass is 260 g/mol. The zero-order valence-corrected chi connectivity index (χ0v) is 12.1. The molecule has 2 atom stereocenters. The summed E-state index contributed by atoms with van der Waals surface area (Å²) in [6.07, 6.45) is 1.96. The van der Waals surface area contributed by atoms with Gasteiger partial charge in [0.2, 0.25) is 5.91 Å². The summed E-state index contributed by atoms with van der Waals surface area (Å²) in [7, 11) is 0. The number of carbonyl (C=O) groups is 1. The van der Waals surface area contributed by atoms with Crippen LogP contribution in [-0.2, 0) is 11.2 Å². The topological polar surface area (TPSA) is 41.1 Å². The molecule has 0 aliphatic carbocycles. The van der Waals surface area contributed by atoms with E-state index in [1.54, 1.807) is 0 Å². The summed E-state index contributed by atoms with van der Waals surface area (Å²) < 4.78 is 0. The van der Waals surface area contributed by atoms with Gasteiger partial charge >= 0.3 is 0 Å². The van der Waals surface area contributed by atoms with Crippen molar-refractivity contribution < 1.29 is 4.79 Å². The van der Waals surface area contributed by atoms with Crippen LogP contribution in [0.25, 0.3) is 0 Å². The van der Waals surface area contributed by atoms with Crippen molar-refractivity contribution >= 4 is 5.91 Å². The number of aryl methyl sites for hydroxylation is 1. The largest absolute Gasteiger partial charge is 0.349 e. The lowest BCUT2D eigenvalue weighted by atomic mass is 9.88. The van der Waals surface area contributed by atoms with Crippen LogP contribution in [0.15, 0.2) is 24.3 Å². The molecule has 1 aromatic carbocycles. The Bertz CT molecular complexity index is 433. The summed E-state index contributed by atoms with van der Waals surface area (Å²) >= 11 is 0. The molecule has 2 unspecified atom stereocenters. The molecule has 1 amide bonds. The predicted molar refractivity (Wildman–Crippen MR) is 78.0 cm³/mol. The Morgan fingerprint density at radius 1 is 1.42 bits per heavy atom. The Morgan fingerprint density at radius 2 is 2.11 bits per heavy atom. The van der Waals surface area contributed by atoms with Gasteiger partial charge < -0.3 is 10.6 Å². The number of carbonyl (C=O) groups excluding carboxylic acids is 1. The first kappa shape index (κ1) is 14.1. The number of nitrogens with one attached hydrogen (secondary N) is 2. The summed E-state index contributed by atoms with van der Waals surface area (Å²) in [5.74, 6) is 0.157. The van der Waals surface area contributed by atoms with Crippen LogP contribution in [-0.4, -0.2) is 19.0 Å². The van der Waals surface area contributed by atoms with Crippen LogP contribution in [0.4, 0.5) is 0 Å². The molecule has 2 N–H and O–H groups in total. The maximum absolute atomic E-state index is 12.3. The quantitative estimate of drug-likeness (QED) is 0.873. The zero-order valence-electron chi connectivity index (χ0n) is 12.1. The Kier molecular flexibility index (Phi) is 4.25. The van der Waals surface area contributed by atoms with E-state index in [1.807, 2.05) is 13.8 Å². The van der Waals surface area contributed by atoms with E-state index in [4.69, 9.17) is 0 Å². The average Bonchev–Trinajstić information content (AvgIpc) is 2.87. The molecule has 0 bridgehead atoms. The predicted octanol–water partition coefficient (Wildman–Crippen LogP) is 2.43. The zero-order chi connectivity index (χ0) is 13.9. The van der Waals surface area contributed by atoms with Crippen LogP contribution in [0.2, 0.25) is 0 Å². The van der Waals surface area contributed by atoms with Gasteiger partial charge in [-0.1, -0.05) is 31.2 Å². The van der Waals surface area contributed by atoms with Gasteiger partial charge in [0.05, 0.1) is 11.5 Å². The summed E-state index contributed by atoms with van der Waals surface area (Å²) in [6.45, 7) is 7.94. The number of rotatable bonds is 4. The fraction of sp³-hybridized carbons (Fsp3) is 0.562. The van der Waals surface area contributed by atoms with Gasteiger partial charge in [0, 0.05) is 6.54 Å². The van der Waals surface area contributed by atoms with E-state index in [2.05, 4.69) is 41.8 Å². The van der Waals surface area contributed by atoms with Crippen LogP contribution in [0.5, 0.6) is 0 Å². The van der Waals surface area contributed by atoms with Crippen molar-refractivity contribution in [3.8, 4) is 0 Å². The number of amides is 1. The van der Waals surface area contributed by atoms with Gasteiger partial charge in [-0.3, -0.25) is 4.79 Å². The van der Waals surface area contributed by atoms with Gasteiger partial charge in [0.1, 0.15) is 0 Å². The minimum absolute atomic E-state index is 0.0656. The highest BCUT2D eigenvalue weighted by atomic mass is 16.2. The van der Waals surface area contributed by atoms with Crippen LogP contribution < -0.4 is 10.6 Å². The number of hydrogen-bond acceptors (Lipinski definition) is 2. The van der Waals surface area contributed by atoms with Gasteiger partial charge in [-0.15, -0.1) is 0 Å². The van der Waals surface area contributed by atoms with Gasteiger partial charge in [-0.2, -0.15) is 0 Å². The Morgan fingerprint density at radius 3 is 2.63 bits per heavy atom. The van der Waals surface area contributed by atoms with Crippen molar-refractivity contribution in [2.45, 2.75) is 39.7 Å². The molecule has 1 saturated heterocycles. The molecule has 0 spiro atoms. The first-order valence-electron chi connectivity index (χ1n) is 7.16. The molecular weight excluding hydrogens is 236 g/mol. The molecule has 104 valence electrons. The second-order valence-electron chi connectivity index (χ2n) is 5.78. The third-order valence-corrected chi connectivity index (χ3v) is 4.15. The molecule has 0 saturated carbocycles. The van der Waals surface area contributed by atoms with Crippen LogP contribution in [0.1, 0.15) is 44.4 Å². The molecule has 2 rings (SSSR count). The van der Waals surface area contributed by atoms with Crippen LogP contribution in [0, 0.1) is 5.41 Å². The van der Waals surface area contributed by atoms with E-state index in [0.717, 1.165) is 25.9 Å². The van der Waals surface area contributed by atoms with E-state index < -0.39 is 0 Å². The average molecular weight is 260 g/mol. The van der Waals surface area contributed by atoms with Crippen molar-refractivity contribution in [1.29, 1.82) is 0 Å². The summed E-state index contributed by atoms with van der Waals surface area (Å²) in [6, 6.07) is 8.56. The highest BCUT2D eigenvalue weighted by molar-refractivity contribution is 5.83. The molecule has 1 aliphatic heterocycles. The fourth-order valence-corrected chi connectivity index (χ4v) is 2.51. The van der Waals surface area contributed by atoms with Crippen molar-refractivity contribution in [3.05, 3.63) is 35.4 Å². The van der Waals surface area contributed by atoms with Crippen molar-refractivity contribution in [1.82, 2.24) is 10.6 Å². The summed E-state index contributed by atoms with van der Waals surface area (Å²) in [4.78, 5) is 12.3. The molecule has 19 heavy (non-hydrogen) atoms. The van der Waals surface area contributed by atoms with Crippen LogP contribution >= 0.6 is 0 Å². The molecule has 1 aromatic rings. The maximum atomic E-state index is 12.3. The van der Waals surface area contributed by atoms with E-state index in [9.17, 15) is 4.79 Å². The first-order valence-corrected chi connectivity index (χ1v) is 7.16. The number of benzene rings is 1. The Labute approximate surface area is 115 Å². The minimum atomic E-state index is -0.252. The van der Waals surface area contributed by atoms with E-state index in [-0.39, 0.29) is 17.4 Å². The van der Waals surface area contributed by atoms with Gasteiger partial charge in [-0.25, -0.2) is 0 Å². The van der Waals surface area contributed by atoms with E-state index in [0.29, 0.717) is 0 Å². The number of hydrogen-bond donors (Lipinski definition) is 2. The molecule has 1 fully saturated rings. The normalized spacial score (nSPS) is 24.2. The maximum Gasteiger partial charge on any atom is 0.227 e. The smallest absolute Gasteiger partial charge is 0.227 e. The summed E-state index contributed by atoms with van der Waals surface area (Å²) in [5, 5.41) is 6.40. The van der Waals surface area contributed by atoms with E-state index >= 15 is 0 Å². The van der Waals surface area contributed by atoms with Gasteiger partial charge in [-0.05, 0) is 44.4 Å². The third-order valence-electron chi connectivity index (χ3n) is 4.15. The highest BCUT2D eigenvalue weighted by Gasteiger charge is 2.36. The van der Waals surface area contributed by atoms with Gasteiger partial charge in [0.25, 0.3) is 0 Å².